The molecule has 0 aromatic rings. The van der Waals surface area contributed by atoms with Gasteiger partial charge < -0.3 is 41.7 Å². The van der Waals surface area contributed by atoms with E-state index in [4.69, 9.17) is 39.6 Å². The number of hydrogen-bond acceptors (Lipinski definition) is 8. The van der Waals surface area contributed by atoms with Crippen LogP contribution in [0.5, 0.6) is 0 Å². The van der Waals surface area contributed by atoms with E-state index in [2.05, 4.69) is 21.3 Å². The van der Waals surface area contributed by atoms with E-state index < -0.39 is 23.9 Å². The molecular formula is C18H40N4O8. The Morgan fingerprint density at radius 2 is 0.567 bits per heavy atom. The molecule has 30 heavy (non-hydrogen) atoms. The van der Waals surface area contributed by atoms with Crippen molar-refractivity contribution in [2.24, 2.45) is 0 Å². The average Bonchev–Trinajstić information content (AvgIpc) is 2.55. The standard InChI is InChI=1S/C10H24N4.4C2H4O2/c1-3-11-7-9-13-5-2-6-14-10-8-12-4-1;4*1-2(3)4/h11-14H,1-10H2;4*1H3,(H,3,4). The van der Waals surface area contributed by atoms with Crippen LogP contribution in [0.15, 0.2) is 0 Å². The number of carboxylic acid groups (broad SMARTS) is 4. The zero-order valence-electron chi connectivity index (χ0n) is 18.5. The first-order valence-corrected chi connectivity index (χ1v) is 9.54. The maximum atomic E-state index is 9.00. The van der Waals surface area contributed by atoms with Gasteiger partial charge in [-0.15, -0.1) is 0 Å². The molecule has 12 heteroatoms. The first kappa shape index (κ1) is 35.2. The van der Waals surface area contributed by atoms with E-state index in [1.807, 2.05) is 0 Å². The fourth-order valence-corrected chi connectivity index (χ4v) is 1.53. The number of hydrogen-bond donors (Lipinski definition) is 8. The predicted octanol–water partition coefficient (Wildman–Crippen LogP) is -0.498. The highest BCUT2D eigenvalue weighted by Gasteiger charge is 1.93. The van der Waals surface area contributed by atoms with Crippen LogP contribution in [0.2, 0.25) is 0 Å². The second-order valence-corrected chi connectivity index (χ2v) is 5.78. The maximum absolute atomic E-state index is 9.00. The molecule has 0 saturated carbocycles. The fourth-order valence-electron chi connectivity index (χ4n) is 1.53. The summed E-state index contributed by atoms with van der Waals surface area (Å²) in [5.74, 6) is -3.33. The number of carboxylic acids is 4. The lowest BCUT2D eigenvalue weighted by Gasteiger charge is -2.10. The van der Waals surface area contributed by atoms with Crippen molar-refractivity contribution in [1.82, 2.24) is 21.3 Å². The van der Waals surface area contributed by atoms with Gasteiger partial charge >= 0.3 is 0 Å². The van der Waals surface area contributed by atoms with Crippen LogP contribution in [-0.4, -0.2) is 96.7 Å². The summed E-state index contributed by atoms with van der Waals surface area (Å²) >= 11 is 0. The largest absolute Gasteiger partial charge is 0.481 e. The molecule has 0 radical (unpaired) electrons. The van der Waals surface area contributed by atoms with Gasteiger partial charge in [0.1, 0.15) is 0 Å². The second-order valence-electron chi connectivity index (χ2n) is 5.78. The molecule has 0 aliphatic carbocycles. The van der Waals surface area contributed by atoms with Gasteiger partial charge in [-0.1, -0.05) is 0 Å². The predicted molar refractivity (Wildman–Crippen MR) is 114 cm³/mol. The zero-order chi connectivity index (χ0) is 24.2. The lowest BCUT2D eigenvalue weighted by Crippen LogP contribution is -2.34. The molecule has 1 fully saturated rings. The summed E-state index contributed by atoms with van der Waals surface area (Å²) in [6.45, 7) is 13.2. The van der Waals surface area contributed by atoms with Gasteiger partial charge in [-0.05, 0) is 39.0 Å². The summed E-state index contributed by atoms with van der Waals surface area (Å²) < 4.78 is 0. The Balaban J connectivity index is -0.000000174. The van der Waals surface area contributed by atoms with Crippen molar-refractivity contribution in [3.8, 4) is 0 Å². The topological polar surface area (TPSA) is 197 Å². The van der Waals surface area contributed by atoms with Gasteiger partial charge in [-0.25, -0.2) is 0 Å². The van der Waals surface area contributed by atoms with Gasteiger partial charge in [-0.2, -0.15) is 0 Å². The van der Waals surface area contributed by atoms with Crippen LogP contribution in [0.25, 0.3) is 0 Å². The van der Waals surface area contributed by atoms with Gasteiger partial charge in [0.2, 0.25) is 0 Å². The van der Waals surface area contributed by atoms with Crippen LogP contribution in [0.3, 0.4) is 0 Å². The Labute approximate surface area is 178 Å². The minimum Gasteiger partial charge on any atom is -0.481 e. The second kappa shape index (κ2) is 31.4. The van der Waals surface area contributed by atoms with E-state index in [9.17, 15) is 0 Å². The first-order valence-electron chi connectivity index (χ1n) is 9.54. The number of nitrogens with one attached hydrogen (secondary N) is 4. The molecular weight excluding hydrogens is 400 g/mol. The van der Waals surface area contributed by atoms with Crippen molar-refractivity contribution < 1.29 is 39.6 Å². The SMILES string of the molecule is C1CNCCNCCCNCCNC1.CC(=O)O.CC(=O)O.CC(=O)O.CC(=O)O. The lowest BCUT2D eigenvalue weighted by molar-refractivity contribution is -0.135. The molecule has 180 valence electrons. The van der Waals surface area contributed by atoms with Crippen molar-refractivity contribution in [3.05, 3.63) is 0 Å². The van der Waals surface area contributed by atoms with Crippen LogP contribution in [0.4, 0.5) is 0 Å². The highest BCUT2D eigenvalue weighted by Crippen LogP contribution is 1.76. The van der Waals surface area contributed by atoms with E-state index >= 15 is 0 Å². The molecule has 12 nitrogen and oxygen atoms in total. The van der Waals surface area contributed by atoms with E-state index in [0.717, 1.165) is 80.1 Å². The Hall–Kier alpha value is -2.28. The maximum Gasteiger partial charge on any atom is 0.300 e. The number of carbonyl (C=O) groups is 4. The lowest BCUT2D eigenvalue weighted by atomic mass is 10.3. The van der Waals surface area contributed by atoms with Gasteiger partial charge in [0.15, 0.2) is 0 Å². The fraction of sp³-hybridized carbons (Fsp3) is 0.778. The molecule has 0 aromatic carbocycles. The Bertz CT molecular complexity index is 306. The van der Waals surface area contributed by atoms with Crippen LogP contribution < -0.4 is 21.3 Å². The highest BCUT2D eigenvalue weighted by molar-refractivity contribution is 5.63. The molecule has 1 rings (SSSR count). The van der Waals surface area contributed by atoms with E-state index in [1.165, 1.54) is 12.8 Å². The van der Waals surface area contributed by atoms with E-state index in [0.29, 0.717) is 0 Å². The van der Waals surface area contributed by atoms with E-state index in [1.54, 1.807) is 0 Å². The van der Waals surface area contributed by atoms with Crippen molar-refractivity contribution in [1.29, 1.82) is 0 Å². The monoisotopic (exact) mass is 440 g/mol. The zero-order valence-corrected chi connectivity index (χ0v) is 18.5. The van der Waals surface area contributed by atoms with Gasteiger partial charge in [-0.3, -0.25) is 19.2 Å². The summed E-state index contributed by atoms with van der Waals surface area (Å²) in [4.78, 5) is 36.0. The quantitative estimate of drug-likeness (QED) is 0.241. The molecule has 0 atom stereocenters. The van der Waals surface area contributed by atoms with Gasteiger partial charge in [0.05, 0.1) is 0 Å². The van der Waals surface area contributed by atoms with E-state index in [-0.39, 0.29) is 0 Å². The van der Waals surface area contributed by atoms with Crippen LogP contribution in [0, 0.1) is 0 Å². The molecule has 1 heterocycles. The number of aliphatic carboxylic acids is 4. The van der Waals surface area contributed by atoms with Crippen LogP contribution in [0.1, 0.15) is 40.5 Å². The Kier molecular flexibility index (Phi) is 36.8. The molecule has 8 N–H and O–H groups in total. The van der Waals surface area contributed by atoms with Gasteiger partial charge in [0, 0.05) is 53.9 Å². The minimum atomic E-state index is -0.833. The summed E-state index contributed by atoms with van der Waals surface area (Å²) in [7, 11) is 0. The van der Waals surface area contributed by atoms with Crippen molar-refractivity contribution in [3.63, 3.8) is 0 Å². The summed E-state index contributed by atoms with van der Waals surface area (Å²) in [5.41, 5.74) is 0. The molecule has 0 amide bonds. The third-order valence-corrected chi connectivity index (χ3v) is 2.37. The minimum absolute atomic E-state index is 0.833. The first-order chi connectivity index (χ1) is 13.9. The Morgan fingerprint density at radius 3 is 0.700 bits per heavy atom. The average molecular weight is 441 g/mol. The summed E-state index contributed by atoms with van der Waals surface area (Å²) in [6.07, 6.45) is 2.44. The number of rotatable bonds is 0. The summed E-state index contributed by atoms with van der Waals surface area (Å²) in [5, 5.41) is 43.4. The Morgan fingerprint density at radius 1 is 0.433 bits per heavy atom. The third kappa shape index (κ3) is 114. The molecule has 0 bridgehead atoms. The van der Waals surface area contributed by atoms with Crippen molar-refractivity contribution in [2.45, 2.75) is 40.5 Å². The molecule has 1 aliphatic rings. The molecule has 0 aromatic heterocycles. The van der Waals surface area contributed by atoms with Crippen molar-refractivity contribution >= 4 is 23.9 Å². The molecule has 1 saturated heterocycles. The third-order valence-electron chi connectivity index (χ3n) is 2.37. The van der Waals surface area contributed by atoms with Crippen LogP contribution in [-0.2, 0) is 19.2 Å². The molecule has 0 spiro atoms. The smallest absolute Gasteiger partial charge is 0.300 e. The summed E-state index contributed by atoms with van der Waals surface area (Å²) in [6, 6.07) is 0. The highest BCUT2D eigenvalue weighted by atomic mass is 16.4. The molecule has 1 aliphatic heterocycles. The van der Waals surface area contributed by atoms with Crippen molar-refractivity contribution in [2.75, 3.05) is 52.4 Å². The normalized spacial score (nSPS) is 14.5. The van der Waals surface area contributed by atoms with Gasteiger partial charge in [0.25, 0.3) is 23.9 Å². The van der Waals surface area contributed by atoms with Crippen LogP contribution >= 0.6 is 0 Å². The molecule has 0 unspecified atom stereocenters.